The topological polar surface area (TPSA) is 122 Å². The minimum Gasteiger partial charge on any atom is -0.493 e. The second-order valence-corrected chi connectivity index (χ2v) is 10.3. The number of hydrogen-bond donors (Lipinski definition) is 2. The molecule has 2 aromatic carbocycles. The molecule has 3 rings (SSSR count). The summed E-state index contributed by atoms with van der Waals surface area (Å²) in [5, 5.41) is 9.82. The number of nitrogens with one attached hydrogen (secondary N) is 1. The van der Waals surface area contributed by atoms with E-state index >= 15 is 0 Å². The Morgan fingerprint density at radius 3 is 2.48 bits per heavy atom. The molecule has 0 aliphatic carbocycles. The number of methoxy groups -OCH3 is 1. The lowest BCUT2D eigenvalue weighted by Crippen LogP contribution is -2.44. The van der Waals surface area contributed by atoms with Crippen molar-refractivity contribution in [2.75, 3.05) is 7.11 Å². The highest BCUT2D eigenvalue weighted by atomic mass is 32.2. The molecule has 1 aliphatic heterocycles. The number of carbonyl (C=O) groups excluding carboxylic acids is 1. The molecular formula is C21H20N2O7S3. The molecular weight excluding hydrogens is 488 g/mol. The lowest BCUT2D eigenvalue weighted by atomic mass is 10.2. The number of thiocarbonyl (C=S) groups is 1. The summed E-state index contributed by atoms with van der Waals surface area (Å²) >= 11 is 6.13. The van der Waals surface area contributed by atoms with E-state index in [1.165, 1.54) is 38.3 Å². The summed E-state index contributed by atoms with van der Waals surface area (Å²) in [4.78, 5) is 26.3. The average Bonchev–Trinajstić information content (AvgIpc) is 3.01. The van der Waals surface area contributed by atoms with E-state index in [4.69, 9.17) is 26.8 Å². The number of hydrogen-bond acceptors (Lipinski definition) is 8. The minimum atomic E-state index is -4.01. The largest absolute Gasteiger partial charge is 0.493 e. The first-order valence-electron chi connectivity index (χ1n) is 9.46. The number of ether oxygens (including phenoxy) is 2. The SMILES string of the molecule is COc1cc(/C=C2/SC(=S)N(NS(=O)(=O)c3ccc(C)cc3)C2=O)ccc1OC(C)C(=O)O. The zero-order chi connectivity index (χ0) is 24.3. The van der Waals surface area contributed by atoms with E-state index in [9.17, 15) is 18.0 Å². The number of nitrogens with zero attached hydrogens (tertiary/aromatic N) is 1. The Morgan fingerprint density at radius 2 is 1.88 bits per heavy atom. The van der Waals surface area contributed by atoms with E-state index in [-0.39, 0.29) is 25.6 Å². The van der Waals surface area contributed by atoms with Gasteiger partial charge in [0, 0.05) is 0 Å². The molecule has 0 spiro atoms. The van der Waals surface area contributed by atoms with E-state index < -0.39 is 28.0 Å². The van der Waals surface area contributed by atoms with E-state index in [0.29, 0.717) is 5.56 Å². The molecule has 1 aliphatic rings. The first-order chi connectivity index (χ1) is 15.5. The van der Waals surface area contributed by atoms with Crippen molar-refractivity contribution in [1.29, 1.82) is 0 Å². The number of aliphatic carboxylic acids is 1. The summed E-state index contributed by atoms with van der Waals surface area (Å²) in [5.74, 6) is -1.26. The number of amides is 1. The monoisotopic (exact) mass is 508 g/mol. The Morgan fingerprint density at radius 1 is 1.21 bits per heavy atom. The Balaban J connectivity index is 1.81. The molecule has 1 unspecified atom stereocenters. The van der Waals surface area contributed by atoms with Crippen molar-refractivity contribution in [3.8, 4) is 11.5 Å². The predicted molar refractivity (Wildman–Crippen MR) is 127 cm³/mol. The van der Waals surface area contributed by atoms with Gasteiger partial charge < -0.3 is 14.6 Å². The number of sulfonamides is 1. The van der Waals surface area contributed by atoms with Crippen LogP contribution in [0, 0.1) is 6.92 Å². The summed E-state index contributed by atoms with van der Waals surface area (Å²) in [6.07, 6.45) is 0.439. The molecule has 0 bridgehead atoms. The number of rotatable bonds is 8. The summed E-state index contributed by atoms with van der Waals surface area (Å²) in [5.41, 5.74) is 1.44. The van der Waals surface area contributed by atoms with Crippen molar-refractivity contribution in [3.05, 3.63) is 58.5 Å². The fourth-order valence-corrected chi connectivity index (χ4v) is 5.01. The van der Waals surface area contributed by atoms with E-state index in [0.717, 1.165) is 22.3 Å². The van der Waals surface area contributed by atoms with Crippen LogP contribution < -0.4 is 14.3 Å². The molecule has 1 fully saturated rings. The lowest BCUT2D eigenvalue weighted by molar-refractivity contribution is -0.144. The Bertz CT molecular complexity index is 1240. The van der Waals surface area contributed by atoms with Crippen LogP contribution in [0.15, 0.2) is 52.3 Å². The van der Waals surface area contributed by atoms with Gasteiger partial charge in [-0.3, -0.25) is 4.79 Å². The molecule has 9 nitrogen and oxygen atoms in total. The summed E-state index contributed by atoms with van der Waals surface area (Å²) < 4.78 is 35.9. The van der Waals surface area contributed by atoms with Crippen molar-refractivity contribution >= 4 is 56.3 Å². The Kier molecular flexibility index (Phi) is 7.42. The maximum Gasteiger partial charge on any atom is 0.344 e. The van der Waals surface area contributed by atoms with Gasteiger partial charge in [-0.05, 0) is 49.8 Å². The van der Waals surface area contributed by atoms with Crippen LogP contribution in [-0.2, 0) is 19.6 Å². The maximum absolute atomic E-state index is 12.8. The van der Waals surface area contributed by atoms with Crippen LogP contribution >= 0.6 is 24.0 Å². The van der Waals surface area contributed by atoms with Crippen LogP contribution in [0.3, 0.4) is 0 Å². The number of thioether (sulfide) groups is 1. The third-order valence-corrected chi connectivity index (χ3v) is 7.09. The van der Waals surface area contributed by atoms with Gasteiger partial charge >= 0.3 is 5.97 Å². The molecule has 33 heavy (non-hydrogen) atoms. The highest BCUT2D eigenvalue weighted by molar-refractivity contribution is 8.26. The van der Waals surface area contributed by atoms with Crippen LogP contribution in [0.1, 0.15) is 18.1 Å². The number of carbonyl (C=O) groups is 2. The summed E-state index contributed by atoms with van der Waals surface area (Å²) in [7, 11) is -2.62. The van der Waals surface area contributed by atoms with Gasteiger partial charge in [-0.15, -0.1) is 4.83 Å². The predicted octanol–water partition coefficient (Wildman–Crippen LogP) is 2.95. The van der Waals surface area contributed by atoms with Crippen LogP contribution in [0.5, 0.6) is 11.5 Å². The molecule has 1 atom stereocenters. The molecule has 1 saturated heterocycles. The van der Waals surface area contributed by atoms with Crippen molar-refractivity contribution in [3.63, 3.8) is 0 Å². The van der Waals surface area contributed by atoms with E-state index in [1.54, 1.807) is 24.3 Å². The number of carboxylic acid groups (broad SMARTS) is 1. The molecule has 174 valence electrons. The highest BCUT2D eigenvalue weighted by Crippen LogP contribution is 2.34. The van der Waals surface area contributed by atoms with Gasteiger partial charge in [-0.2, -0.15) is 0 Å². The standard InChI is InChI=1S/C21H20N2O7S3/c1-12-4-7-15(8-5-12)33(27,28)22-23-19(24)18(32-21(23)31)11-14-6-9-16(17(10-14)29-3)30-13(2)20(25)26/h4-11,13,22H,1-3H3,(H,25,26)/b18-11+. The van der Waals surface area contributed by atoms with Crippen LogP contribution in [0.25, 0.3) is 6.08 Å². The molecule has 1 amide bonds. The molecule has 2 aromatic rings. The van der Waals surface area contributed by atoms with Gasteiger partial charge in [0.25, 0.3) is 15.9 Å². The van der Waals surface area contributed by atoms with Gasteiger partial charge in [-0.1, -0.05) is 47.7 Å². The highest BCUT2D eigenvalue weighted by Gasteiger charge is 2.35. The van der Waals surface area contributed by atoms with Gasteiger partial charge in [-0.25, -0.2) is 18.2 Å². The quantitative estimate of drug-likeness (QED) is 0.409. The van der Waals surface area contributed by atoms with Crippen LogP contribution in [0.2, 0.25) is 0 Å². The number of hydrazine groups is 1. The summed E-state index contributed by atoms with van der Waals surface area (Å²) in [6.45, 7) is 3.22. The van der Waals surface area contributed by atoms with Gasteiger partial charge in [0.15, 0.2) is 21.9 Å². The zero-order valence-corrected chi connectivity index (χ0v) is 20.2. The number of aryl methyl sites for hydroxylation is 1. The van der Waals surface area contributed by atoms with Crippen molar-refractivity contribution in [2.24, 2.45) is 0 Å². The van der Waals surface area contributed by atoms with Crippen LogP contribution in [0.4, 0.5) is 0 Å². The molecule has 0 saturated carbocycles. The Labute approximate surface area is 200 Å². The second-order valence-electron chi connectivity index (χ2n) is 6.93. The van der Waals surface area contributed by atoms with Gasteiger partial charge in [0.2, 0.25) is 0 Å². The van der Waals surface area contributed by atoms with Gasteiger partial charge in [0.05, 0.1) is 16.9 Å². The Hall–Kier alpha value is -2.93. The smallest absolute Gasteiger partial charge is 0.344 e. The van der Waals surface area contributed by atoms with Gasteiger partial charge in [0.1, 0.15) is 0 Å². The molecule has 0 aromatic heterocycles. The number of carboxylic acids is 1. The zero-order valence-electron chi connectivity index (χ0n) is 17.8. The number of benzene rings is 2. The van der Waals surface area contributed by atoms with Crippen molar-refractivity contribution in [2.45, 2.75) is 24.8 Å². The third kappa shape index (κ3) is 5.71. The first kappa shape index (κ1) is 24.7. The normalized spacial score (nSPS) is 16.2. The van der Waals surface area contributed by atoms with E-state index in [1.807, 2.05) is 6.92 Å². The molecule has 12 heteroatoms. The molecule has 2 N–H and O–H groups in total. The maximum atomic E-state index is 12.8. The van der Waals surface area contributed by atoms with Crippen LogP contribution in [-0.4, -0.2) is 47.9 Å². The second kappa shape index (κ2) is 9.91. The molecule has 0 radical (unpaired) electrons. The minimum absolute atomic E-state index is 0.00189. The van der Waals surface area contributed by atoms with Crippen molar-refractivity contribution in [1.82, 2.24) is 9.84 Å². The fourth-order valence-electron chi connectivity index (χ4n) is 2.70. The average molecular weight is 509 g/mol. The first-order valence-corrected chi connectivity index (χ1v) is 12.2. The summed E-state index contributed by atoms with van der Waals surface area (Å²) in [6, 6.07) is 10.9. The third-order valence-electron chi connectivity index (χ3n) is 4.47. The van der Waals surface area contributed by atoms with E-state index in [2.05, 4.69) is 4.83 Å². The lowest BCUT2D eigenvalue weighted by Gasteiger charge is -2.16. The fraction of sp³-hybridized carbons (Fsp3) is 0.190. The molecule has 1 heterocycles. The van der Waals surface area contributed by atoms with Crippen molar-refractivity contribution < 1.29 is 32.6 Å².